The fraction of sp³-hybridized carbons (Fsp3) is 0.152. The maximum Gasteiger partial charge on any atom is 0.252 e. The van der Waals surface area contributed by atoms with Crippen molar-refractivity contribution >= 4 is 120 Å². The summed E-state index contributed by atoms with van der Waals surface area (Å²) in [5.74, 6) is 2.29. The van der Waals surface area contributed by atoms with Crippen molar-refractivity contribution in [1.29, 1.82) is 0 Å². The predicted octanol–water partition coefficient (Wildman–Crippen LogP) is 19.8. The van der Waals surface area contributed by atoms with E-state index in [0.29, 0.717) is 12.0 Å². The maximum atomic E-state index is 2.91. The smallest absolute Gasteiger partial charge is 0.252 e. The van der Waals surface area contributed by atoms with Crippen molar-refractivity contribution in [3.63, 3.8) is 0 Å². The summed E-state index contributed by atoms with van der Waals surface area (Å²) in [6, 6.07) is 116. The molecule has 0 radical (unpaired) electrons. The molecule has 0 spiro atoms. The lowest BCUT2D eigenvalue weighted by Gasteiger charge is -2.54. The number of para-hydroxylation sites is 6. The van der Waals surface area contributed by atoms with Gasteiger partial charge in [0.15, 0.2) is 0 Å². The Morgan fingerprint density at radius 3 is 1.18 bits per heavy atom. The van der Waals surface area contributed by atoms with E-state index in [-0.39, 0.29) is 18.8 Å². The van der Waals surface area contributed by atoms with Gasteiger partial charge in [-0.3, -0.25) is 0 Å². The molecule has 7 heteroatoms. The van der Waals surface area contributed by atoms with Crippen LogP contribution in [-0.4, -0.2) is 26.0 Å². The lowest BCUT2D eigenvalue weighted by molar-refractivity contribution is 0.0755. The fourth-order valence-electron chi connectivity index (χ4n) is 19.1. The molecule has 474 valence electrons. The molecule has 0 amide bonds. The van der Waals surface area contributed by atoms with E-state index in [2.05, 4.69) is 349 Å². The zero-order valence-electron chi connectivity index (χ0n) is 56.3. The average Bonchev–Trinajstić information content (AvgIpc) is 0.683. The number of anilines is 13. The van der Waals surface area contributed by atoms with Crippen LogP contribution in [0.15, 0.2) is 303 Å². The summed E-state index contributed by atoms with van der Waals surface area (Å²) in [6.45, 7) is 7.94. The van der Waals surface area contributed by atoms with Gasteiger partial charge in [0.2, 0.25) is 0 Å². The minimum absolute atomic E-state index is 0.149. The molecule has 99 heavy (non-hydrogen) atoms. The molecule has 2 saturated carbocycles. The van der Waals surface area contributed by atoms with Crippen molar-refractivity contribution in [1.82, 2.24) is 0 Å². The van der Waals surface area contributed by atoms with E-state index in [9.17, 15) is 0 Å². The lowest BCUT2D eigenvalue weighted by Crippen LogP contribution is -2.65. The number of hydrogen-bond donors (Lipinski definition) is 0. The quantitative estimate of drug-likeness (QED) is 0.134. The Morgan fingerprint density at radius 1 is 0.303 bits per heavy atom. The predicted molar refractivity (Wildman–Crippen MR) is 420 cm³/mol. The molecule has 0 N–H and O–H groups in total. The minimum atomic E-state index is -0.218. The van der Waals surface area contributed by atoms with E-state index in [1.165, 1.54) is 172 Å². The number of piperidine rings is 1. The van der Waals surface area contributed by atoms with Crippen LogP contribution in [0, 0.1) is 17.8 Å². The van der Waals surface area contributed by atoms with Gasteiger partial charge in [0.05, 0.1) is 11.4 Å². The van der Waals surface area contributed by atoms with E-state index < -0.39 is 0 Å². The van der Waals surface area contributed by atoms with Crippen molar-refractivity contribution in [2.75, 3.05) is 31.0 Å². The van der Waals surface area contributed by atoms with Gasteiger partial charge in [-0.15, -0.1) is 0 Å². The highest BCUT2D eigenvalue weighted by Gasteiger charge is 2.51. The third-order valence-electron chi connectivity index (χ3n) is 23.4. The summed E-state index contributed by atoms with van der Waals surface area (Å²) in [4.78, 5) is 13.7. The van der Waals surface area contributed by atoms with Crippen molar-refractivity contribution in [3.05, 3.63) is 309 Å². The van der Waals surface area contributed by atoms with Crippen LogP contribution in [0.2, 0.25) is 0 Å². The Kier molecular flexibility index (Phi) is 13.4. The van der Waals surface area contributed by atoms with Crippen LogP contribution in [0.5, 0.6) is 0 Å². The van der Waals surface area contributed by atoms with Crippen molar-refractivity contribution in [2.24, 2.45) is 17.8 Å². The van der Waals surface area contributed by atoms with Gasteiger partial charge >= 0.3 is 0 Å². The molecule has 20 rings (SSSR count). The molecule has 1 saturated heterocycles. The first-order chi connectivity index (χ1) is 48.8. The number of benzene rings is 13. The highest BCUT2D eigenvalue weighted by atomic mass is 15.2. The van der Waals surface area contributed by atoms with Gasteiger partial charge in [0.25, 0.3) is 13.4 Å². The fourth-order valence-corrected chi connectivity index (χ4v) is 19.1. The van der Waals surface area contributed by atoms with Gasteiger partial charge in [-0.1, -0.05) is 264 Å². The Morgan fingerprint density at radius 2 is 0.697 bits per heavy atom. The number of nitrogens with zero attached hydrogens (tertiary/aromatic N) is 5. The van der Waals surface area contributed by atoms with Gasteiger partial charge in [-0.2, -0.15) is 0 Å². The number of fused-ring (bicyclic) bond motifs is 10. The average molecular weight is 1270 g/mol. The Labute approximate surface area is 583 Å². The molecule has 7 aliphatic rings. The van der Waals surface area contributed by atoms with Crippen LogP contribution in [0.25, 0.3) is 44.5 Å². The molecular weight excluding hydrogens is 1200 g/mol. The normalized spacial score (nSPS) is 18.1. The topological polar surface area (TPSA) is 16.2 Å². The maximum absolute atomic E-state index is 2.91. The van der Waals surface area contributed by atoms with E-state index in [1.807, 2.05) is 0 Å². The molecule has 3 bridgehead atoms. The molecule has 4 atom stereocenters. The summed E-state index contributed by atoms with van der Waals surface area (Å²) in [7, 11) is 0. The summed E-state index contributed by atoms with van der Waals surface area (Å²) in [5, 5.41) is 0. The van der Waals surface area contributed by atoms with Crippen LogP contribution in [0.4, 0.5) is 73.9 Å². The first kappa shape index (κ1) is 58.2. The highest BCUT2D eigenvalue weighted by molar-refractivity contribution is 7.03. The highest BCUT2D eigenvalue weighted by Crippen LogP contribution is 2.57. The van der Waals surface area contributed by atoms with Crippen LogP contribution in [0.1, 0.15) is 58.4 Å². The van der Waals surface area contributed by atoms with E-state index in [1.54, 1.807) is 0 Å². The van der Waals surface area contributed by atoms with Gasteiger partial charge in [0.1, 0.15) is 0 Å². The molecule has 5 aliphatic heterocycles. The second kappa shape index (κ2) is 22.8. The monoisotopic (exact) mass is 1270 g/mol. The van der Waals surface area contributed by atoms with E-state index in [4.69, 9.17) is 0 Å². The zero-order valence-corrected chi connectivity index (χ0v) is 56.3. The summed E-state index contributed by atoms with van der Waals surface area (Å²) >= 11 is 0. The standard InChI is InChI=1S/C92H75B2N5/c1-92(2,3)67-53-84-88-85(54-67)99(91-74(63-32-14-6-15-33-63)42-27-43-75(91)64-34-16-7-17-35-64)83-58-82-78(57-79(83)93(88)76-44-22-24-46-80(76)96(84)68-36-18-8-19-37-68)94-77-45-23-25-47-81(77)98(90-72(61-28-10-4-11-29-61)40-26-41-73(90)62-30-12-5-13-31-62)87-56-71(55-86(89(87)94)97(82)69-38-20-9-21-39-69)95-59-65-49-48-60-50-66(65)52-70(95)51-60/h4-47,53-58,60,65-66,70H,48-52,59H2,1-3H3. The first-order valence-electron chi connectivity index (χ1n) is 36.0. The molecule has 13 aromatic carbocycles. The van der Waals surface area contributed by atoms with Crippen LogP contribution in [-0.2, 0) is 5.41 Å². The molecular formula is C92H75B2N5. The summed E-state index contributed by atoms with van der Waals surface area (Å²) < 4.78 is 0. The zero-order chi connectivity index (χ0) is 65.6. The van der Waals surface area contributed by atoms with Crippen molar-refractivity contribution in [3.8, 4) is 44.5 Å². The molecule has 5 heterocycles. The lowest BCUT2D eigenvalue weighted by atomic mass is 9.30. The number of hydrogen-bond acceptors (Lipinski definition) is 5. The van der Waals surface area contributed by atoms with Gasteiger partial charge in [-0.25, -0.2) is 0 Å². The van der Waals surface area contributed by atoms with Crippen molar-refractivity contribution < 1.29 is 0 Å². The Balaban J connectivity index is 0.932. The minimum Gasteiger partial charge on any atom is -0.368 e. The van der Waals surface area contributed by atoms with Gasteiger partial charge in [0, 0.05) is 97.4 Å². The van der Waals surface area contributed by atoms with Crippen LogP contribution < -0.4 is 57.3 Å². The molecule has 3 fully saturated rings. The SMILES string of the molecule is CC(C)(C)c1cc2c3c(c1)N(c1c(-c4ccccc4)cccc1-c1ccccc1)c1cc4c(cc1B3c1ccccc1N2c1ccccc1)B1c2ccccc2N(c2c(-c3ccccc3)cccc2-c2ccccc2)c2cc(N3CC5CCC6CC5CC3C6)cc(c21)N4c1ccccc1. The van der Waals surface area contributed by atoms with Crippen molar-refractivity contribution in [2.45, 2.75) is 64.3 Å². The van der Waals surface area contributed by atoms with Gasteiger partial charge in [-0.05, 0) is 176 Å². The molecule has 13 aromatic rings. The van der Waals surface area contributed by atoms with Crippen LogP contribution in [0.3, 0.4) is 0 Å². The third kappa shape index (κ3) is 9.15. The molecule has 4 unspecified atom stereocenters. The van der Waals surface area contributed by atoms with E-state index >= 15 is 0 Å². The number of rotatable bonds is 9. The largest absolute Gasteiger partial charge is 0.368 e. The molecule has 0 aromatic heterocycles. The Hall–Kier alpha value is -11.0. The second-order valence-electron chi connectivity index (χ2n) is 29.9. The summed E-state index contributed by atoms with van der Waals surface area (Å²) in [5.41, 5.74) is 34.0. The Bertz CT molecular complexity index is 5210. The molecule has 5 nitrogen and oxygen atoms in total. The van der Waals surface area contributed by atoms with E-state index in [0.717, 1.165) is 35.4 Å². The second-order valence-corrected chi connectivity index (χ2v) is 29.9. The van der Waals surface area contributed by atoms with Crippen LogP contribution >= 0.6 is 0 Å². The van der Waals surface area contributed by atoms with Gasteiger partial charge < -0.3 is 24.5 Å². The summed E-state index contributed by atoms with van der Waals surface area (Å²) in [6.07, 6.45) is 6.63. The third-order valence-corrected chi connectivity index (χ3v) is 23.4. The first-order valence-corrected chi connectivity index (χ1v) is 36.0. The molecule has 2 aliphatic carbocycles.